The van der Waals surface area contributed by atoms with Crippen LogP contribution in [0.15, 0.2) is 29.2 Å². The van der Waals surface area contributed by atoms with Gasteiger partial charge in [-0.15, -0.1) is 11.8 Å². The SMILES string of the molecule is CCSc1ccccc1C(=O)O[C@@H](C)C(=O)NCCOC. The molecule has 0 aliphatic carbocycles. The predicted octanol–water partition coefficient (Wildman–Crippen LogP) is 2.11. The van der Waals surface area contributed by atoms with E-state index in [0.29, 0.717) is 18.7 Å². The molecule has 0 heterocycles. The summed E-state index contributed by atoms with van der Waals surface area (Å²) in [6, 6.07) is 7.22. The van der Waals surface area contributed by atoms with E-state index in [4.69, 9.17) is 9.47 Å². The van der Waals surface area contributed by atoms with Gasteiger partial charge in [0, 0.05) is 18.6 Å². The second-order valence-corrected chi connectivity index (χ2v) is 5.57. The maximum Gasteiger partial charge on any atom is 0.340 e. The monoisotopic (exact) mass is 311 g/mol. The molecule has 0 bridgehead atoms. The van der Waals surface area contributed by atoms with Crippen LogP contribution in [0.3, 0.4) is 0 Å². The summed E-state index contributed by atoms with van der Waals surface area (Å²) in [7, 11) is 1.55. The summed E-state index contributed by atoms with van der Waals surface area (Å²) in [6.07, 6.45) is -0.839. The van der Waals surface area contributed by atoms with Crippen molar-refractivity contribution in [2.45, 2.75) is 24.8 Å². The average molecular weight is 311 g/mol. The molecule has 0 spiro atoms. The smallest absolute Gasteiger partial charge is 0.340 e. The molecule has 6 heteroatoms. The summed E-state index contributed by atoms with van der Waals surface area (Å²) < 4.78 is 10.1. The third-order valence-electron chi connectivity index (χ3n) is 2.67. The highest BCUT2D eigenvalue weighted by Crippen LogP contribution is 2.23. The Morgan fingerprint density at radius 1 is 1.33 bits per heavy atom. The second kappa shape index (κ2) is 9.41. The molecule has 1 rings (SSSR count). The van der Waals surface area contributed by atoms with Crippen molar-refractivity contribution in [1.29, 1.82) is 0 Å². The lowest BCUT2D eigenvalue weighted by Gasteiger charge is -2.14. The van der Waals surface area contributed by atoms with E-state index in [1.54, 1.807) is 37.9 Å². The Kier molecular flexibility index (Phi) is 7.85. The maximum absolute atomic E-state index is 12.1. The molecule has 0 aliphatic rings. The minimum absolute atomic E-state index is 0.332. The van der Waals surface area contributed by atoms with Crippen LogP contribution in [0.4, 0.5) is 0 Å². The van der Waals surface area contributed by atoms with Gasteiger partial charge in [0.15, 0.2) is 6.10 Å². The molecule has 1 N–H and O–H groups in total. The number of carbonyl (C=O) groups excluding carboxylic acids is 2. The van der Waals surface area contributed by atoms with Crippen LogP contribution in [0.1, 0.15) is 24.2 Å². The van der Waals surface area contributed by atoms with E-state index < -0.39 is 12.1 Å². The molecule has 1 aromatic rings. The van der Waals surface area contributed by atoms with Gasteiger partial charge in [0.1, 0.15) is 0 Å². The normalized spacial score (nSPS) is 11.8. The summed E-state index contributed by atoms with van der Waals surface area (Å²) in [5, 5.41) is 2.63. The zero-order valence-electron chi connectivity index (χ0n) is 12.5. The van der Waals surface area contributed by atoms with E-state index in [0.717, 1.165) is 10.6 Å². The van der Waals surface area contributed by atoms with Crippen molar-refractivity contribution in [3.05, 3.63) is 29.8 Å². The van der Waals surface area contributed by atoms with Crippen molar-refractivity contribution in [3.63, 3.8) is 0 Å². The number of benzene rings is 1. The lowest BCUT2D eigenvalue weighted by molar-refractivity contribution is -0.129. The Bertz CT molecular complexity index is 478. The van der Waals surface area contributed by atoms with Gasteiger partial charge < -0.3 is 14.8 Å². The van der Waals surface area contributed by atoms with E-state index in [2.05, 4.69) is 5.32 Å². The molecule has 1 amide bonds. The molecular formula is C15H21NO4S. The topological polar surface area (TPSA) is 64.6 Å². The molecule has 0 unspecified atom stereocenters. The lowest BCUT2D eigenvalue weighted by atomic mass is 10.2. The molecule has 0 aromatic heterocycles. The maximum atomic E-state index is 12.1. The zero-order chi connectivity index (χ0) is 15.7. The Morgan fingerprint density at radius 2 is 2.05 bits per heavy atom. The number of carbonyl (C=O) groups is 2. The minimum Gasteiger partial charge on any atom is -0.449 e. The number of hydrogen-bond donors (Lipinski definition) is 1. The standard InChI is InChI=1S/C15H21NO4S/c1-4-21-13-8-6-5-7-12(13)15(18)20-11(2)14(17)16-9-10-19-3/h5-8,11H,4,9-10H2,1-3H3,(H,16,17)/t11-/m0/s1. The van der Waals surface area contributed by atoms with Crippen LogP contribution >= 0.6 is 11.8 Å². The Hall–Kier alpha value is -1.53. The van der Waals surface area contributed by atoms with Gasteiger partial charge in [-0.1, -0.05) is 19.1 Å². The van der Waals surface area contributed by atoms with Gasteiger partial charge in [-0.05, 0) is 24.8 Å². The van der Waals surface area contributed by atoms with Gasteiger partial charge >= 0.3 is 5.97 Å². The minimum atomic E-state index is -0.839. The van der Waals surface area contributed by atoms with E-state index in [1.807, 2.05) is 19.1 Å². The Balaban J connectivity index is 2.62. The largest absolute Gasteiger partial charge is 0.449 e. The highest BCUT2D eigenvalue weighted by molar-refractivity contribution is 7.99. The highest BCUT2D eigenvalue weighted by atomic mass is 32.2. The summed E-state index contributed by atoms with van der Waals surface area (Å²) in [6.45, 7) is 4.37. The van der Waals surface area contributed by atoms with Crippen LogP contribution in [0.5, 0.6) is 0 Å². The molecule has 1 atom stereocenters. The highest BCUT2D eigenvalue weighted by Gasteiger charge is 2.20. The van der Waals surface area contributed by atoms with Crippen LogP contribution in [-0.4, -0.2) is 44.0 Å². The lowest BCUT2D eigenvalue weighted by Crippen LogP contribution is -2.37. The van der Waals surface area contributed by atoms with E-state index in [9.17, 15) is 9.59 Å². The van der Waals surface area contributed by atoms with Crippen molar-refractivity contribution in [2.24, 2.45) is 0 Å². The van der Waals surface area contributed by atoms with E-state index in [1.165, 1.54) is 0 Å². The van der Waals surface area contributed by atoms with Crippen LogP contribution in [0.2, 0.25) is 0 Å². The Labute approximate surface area is 129 Å². The predicted molar refractivity (Wildman–Crippen MR) is 82.6 cm³/mol. The number of nitrogens with one attached hydrogen (secondary N) is 1. The molecule has 0 fully saturated rings. The summed E-state index contributed by atoms with van der Waals surface area (Å²) >= 11 is 1.56. The first-order chi connectivity index (χ1) is 10.1. The van der Waals surface area contributed by atoms with Gasteiger partial charge in [0.2, 0.25) is 0 Å². The Morgan fingerprint density at radius 3 is 2.71 bits per heavy atom. The average Bonchev–Trinajstić information content (AvgIpc) is 2.48. The number of amides is 1. The number of esters is 1. The summed E-state index contributed by atoms with van der Waals surface area (Å²) in [5.74, 6) is 0.0409. The van der Waals surface area contributed by atoms with Crippen LogP contribution in [-0.2, 0) is 14.3 Å². The van der Waals surface area contributed by atoms with E-state index in [-0.39, 0.29) is 5.91 Å². The molecule has 1 aromatic carbocycles. The van der Waals surface area contributed by atoms with Crippen molar-refractivity contribution in [3.8, 4) is 0 Å². The van der Waals surface area contributed by atoms with E-state index >= 15 is 0 Å². The number of rotatable bonds is 8. The summed E-state index contributed by atoms with van der Waals surface area (Å²) in [4.78, 5) is 24.7. The van der Waals surface area contributed by atoms with Crippen molar-refractivity contribution in [1.82, 2.24) is 5.32 Å². The first-order valence-corrected chi connectivity index (χ1v) is 7.78. The molecule has 5 nitrogen and oxygen atoms in total. The number of hydrogen-bond acceptors (Lipinski definition) is 5. The molecular weight excluding hydrogens is 290 g/mol. The van der Waals surface area contributed by atoms with Crippen molar-refractivity contribution >= 4 is 23.6 Å². The number of ether oxygens (including phenoxy) is 2. The first kappa shape index (κ1) is 17.5. The quantitative estimate of drug-likeness (QED) is 0.452. The molecule has 0 aliphatic heterocycles. The third-order valence-corrected chi connectivity index (χ3v) is 3.62. The molecule has 21 heavy (non-hydrogen) atoms. The molecule has 0 saturated carbocycles. The van der Waals surface area contributed by atoms with Gasteiger partial charge in [-0.25, -0.2) is 4.79 Å². The van der Waals surface area contributed by atoms with Crippen LogP contribution < -0.4 is 5.32 Å². The summed E-state index contributed by atoms with van der Waals surface area (Å²) in [5.41, 5.74) is 0.487. The molecule has 0 radical (unpaired) electrons. The van der Waals surface area contributed by atoms with Crippen molar-refractivity contribution in [2.75, 3.05) is 26.0 Å². The molecule has 116 valence electrons. The zero-order valence-corrected chi connectivity index (χ0v) is 13.4. The van der Waals surface area contributed by atoms with Gasteiger partial charge in [-0.2, -0.15) is 0 Å². The number of thioether (sulfide) groups is 1. The fourth-order valence-corrected chi connectivity index (χ4v) is 2.41. The van der Waals surface area contributed by atoms with Crippen LogP contribution in [0, 0.1) is 0 Å². The first-order valence-electron chi connectivity index (χ1n) is 6.79. The van der Waals surface area contributed by atoms with Crippen LogP contribution in [0.25, 0.3) is 0 Å². The van der Waals surface area contributed by atoms with Crippen molar-refractivity contribution < 1.29 is 19.1 Å². The fourth-order valence-electron chi connectivity index (χ4n) is 1.61. The second-order valence-electron chi connectivity index (χ2n) is 4.26. The third kappa shape index (κ3) is 5.77. The fraction of sp³-hybridized carbons (Fsp3) is 0.467. The molecule has 0 saturated heterocycles. The van der Waals surface area contributed by atoms with Gasteiger partial charge in [0.25, 0.3) is 5.91 Å². The van der Waals surface area contributed by atoms with Gasteiger partial charge in [0.05, 0.1) is 12.2 Å². The van der Waals surface area contributed by atoms with Gasteiger partial charge in [-0.3, -0.25) is 4.79 Å². The number of methoxy groups -OCH3 is 1.